The van der Waals surface area contributed by atoms with Crippen LogP contribution in [-0.2, 0) is 9.53 Å². The Labute approximate surface area is 202 Å². The molecule has 35 heavy (non-hydrogen) atoms. The number of ether oxygens (including phenoxy) is 1. The molecule has 1 aromatic heterocycles. The highest BCUT2D eigenvalue weighted by atomic mass is 19.1. The van der Waals surface area contributed by atoms with Crippen LogP contribution in [0, 0.1) is 29.4 Å². The van der Waals surface area contributed by atoms with E-state index in [-0.39, 0.29) is 17.5 Å². The Balaban J connectivity index is 1.18. The predicted octanol–water partition coefficient (Wildman–Crippen LogP) is 4.65. The van der Waals surface area contributed by atoms with Crippen LogP contribution in [0.5, 0.6) is 0 Å². The van der Waals surface area contributed by atoms with Gasteiger partial charge in [0.2, 0.25) is 5.91 Å². The molecule has 3 fully saturated rings. The number of rotatable bonds is 4. The van der Waals surface area contributed by atoms with Crippen LogP contribution in [0.25, 0.3) is 22.0 Å². The molecule has 2 aliphatic heterocycles. The zero-order chi connectivity index (χ0) is 23.9. The zero-order valence-electron chi connectivity index (χ0n) is 19.4. The lowest BCUT2D eigenvalue weighted by Crippen LogP contribution is -2.38. The predicted molar refractivity (Wildman–Crippen MR) is 129 cm³/mol. The van der Waals surface area contributed by atoms with Gasteiger partial charge >= 0.3 is 0 Å². The zero-order valence-corrected chi connectivity index (χ0v) is 19.4. The third-order valence-electron chi connectivity index (χ3n) is 7.84. The Morgan fingerprint density at radius 3 is 2.43 bits per heavy atom. The summed E-state index contributed by atoms with van der Waals surface area (Å²) in [5, 5.41) is 13.8. The number of amides is 1. The summed E-state index contributed by atoms with van der Waals surface area (Å²) in [6, 6.07) is 11.2. The SMILES string of the molecule is O=C(C1CCOCC1)N1CC2C[C@@H](Nc3nnc(-c4cc(F)ccc4F)c4ccccc34)C[C@@H]2C1. The highest BCUT2D eigenvalue weighted by molar-refractivity contribution is 6.00. The van der Waals surface area contributed by atoms with Crippen molar-refractivity contribution in [1.29, 1.82) is 0 Å². The molecule has 3 aromatic rings. The summed E-state index contributed by atoms with van der Waals surface area (Å²) in [6.45, 7) is 3.01. The molecule has 2 saturated heterocycles. The average molecular weight is 479 g/mol. The van der Waals surface area contributed by atoms with Gasteiger partial charge in [0.25, 0.3) is 0 Å². The molecule has 3 aliphatic rings. The van der Waals surface area contributed by atoms with E-state index in [0.29, 0.717) is 42.5 Å². The van der Waals surface area contributed by atoms with Gasteiger partial charge in [-0.2, -0.15) is 0 Å². The molecule has 182 valence electrons. The molecule has 0 radical (unpaired) electrons. The number of hydrogen-bond acceptors (Lipinski definition) is 5. The number of aromatic nitrogens is 2. The molecule has 3 heterocycles. The van der Waals surface area contributed by atoms with Gasteiger partial charge in [-0.05, 0) is 55.7 Å². The Morgan fingerprint density at radius 1 is 0.971 bits per heavy atom. The number of nitrogens with one attached hydrogen (secondary N) is 1. The Kier molecular flexibility index (Phi) is 5.84. The molecule has 1 amide bonds. The number of anilines is 1. The quantitative estimate of drug-likeness (QED) is 0.591. The smallest absolute Gasteiger partial charge is 0.225 e. The summed E-state index contributed by atoms with van der Waals surface area (Å²) in [5.41, 5.74) is 0.429. The lowest BCUT2D eigenvalue weighted by Gasteiger charge is -2.27. The van der Waals surface area contributed by atoms with Crippen LogP contribution < -0.4 is 5.32 Å². The molecular weight excluding hydrogens is 450 g/mol. The maximum Gasteiger partial charge on any atom is 0.225 e. The van der Waals surface area contributed by atoms with Crippen molar-refractivity contribution in [2.75, 3.05) is 31.6 Å². The minimum Gasteiger partial charge on any atom is -0.381 e. The van der Waals surface area contributed by atoms with Crippen LogP contribution in [0.2, 0.25) is 0 Å². The summed E-state index contributed by atoms with van der Waals surface area (Å²) in [5.74, 6) is 0.976. The standard InChI is InChI=1S/C27H28F2N4O2/c28-19-5-6-24(29)23(13-19)25-21-3-1-2-4-22(21)26(32-31-25)30-20-11-17-14-33(15-18(17)12-20)27(34)16-7-9-35-10-8-16/h1-6,13,16-18,20H,7-12,14-15H2,(H,30,32)/t17-,18?,20+/m1/s1. The van der Waals surface area contributed by atoms with Gasteiger partial charge in [-0.1, -0.05) is 24.3 Å². The lowest BCUT2D eigenvalue weighted by molar-refractivity contribution is -0.137. The molecule has 1 N–H and O–H groups in total. The van der Waals surface area contributed by atoms with Gasteiger partial charge in [0.15, 0.2) is 5.82 Å². The summed E-state index contributed by atoms with van der Waals surface area (Å²) in [7, 11) is 0. The van der Waals surface area contributed by atoms with E-state index in [2.05, 4.69) is 20.4 Å². The molecule has 2 aromatic carbocycles. The largest absolute Gasteiger partial charge is 0.381 e. The van der Waals surface area contributed by atoms with Gasteiger partial charge in [-0.15, -0.1) is 10.2 Å². The summed E-state index contributed by atoms with van der Waals surface area (Å²) >= 11 is 0. The number of benzene rings is 2. The van der Waals surface area contributed by atoms with Crippen molar-refractivity contribution >= 4 is 22.5 Å². The van der Waals surface area contributed by atoms with Crippen LogP contribution >= 0.6 is 0 Å². The van der Waals surface area contributed by atoms with Gasteiger partial charge < -0.3 is 15.0 Å². The first-order valence-corrected chi connectivity index (χ1v) is 12.4. The van der Waals surface area contributed by atoms with Gasteiger partial charge in [-0.25, -0.2) is 8.78 Å². The number of nitrogens with zero attached hydrogens (tertiary/aromatic N) is 3. The first-order chi connectivity index (χ1) is 17.1. The number of carbonyl (C=O) groups is 1. The molecule has 1 saturated carbocycles. The van der Waals surface area contributed by atoms with Gasteiger partial charge in [0.05, 0.1) is 0 Å². The Bertz CT molecular complexity index is 1250. The van der Waals surface area contributed by atoms with Crippen LogP contribution in [-0.4, -0.2) is 53.3 Å². The second-order valence-corrected chi connectivity index (χ2v) is 10.0. The topological polar surface area (TPSA) is 67.3 Å². The first-order valence-electron chi connectivity index (χ1n) is 12.4. The van der Waals surface area contributed by atoms with Crippen molar-refractivity contribution in [3.8, 4) is 11.3 Å². The van der Waals surface area contributed by atoms with E-state index in [1.807, 2.05) is 24.3 Å². The van der Waals surface area contributed by atoms with Crippen molar-refractivity contribution in [3.63, 3.8) is 0 Å². The fourth-order valence-corrected chi connectivity index (χ4v) is 6.08. The van der Waals surface area contributed by atoms with E-state index in [1.165, 1.54) is 0 Å². The van der Waals surface area contributed by atoms with Crippen LogP contribution in [0.4, 0.5) is 14.6 Å². The average Bonchev–Trinajstić information content (AvgIpc) is 3.45. The second kappa shape index (κ2) is 9.15. The summed E-state index contributed by atoms with van der Waals surface area (Å²) < 4.78 is 33.7. The molecule has 8 heteroatoms. The third-order valence-corrected chi connectivity index (χ3v) is 7.84. The third kappa shape index (κ3) is 4.24. The maximum absolute atomic E-state index is 14.5. The lowest BCUT2D eigenvalue weighted by atomic mass is 9.98. The van der Waals surface area contributed by atoms with Gasteiger partial charge in [-0.3, -0.25) is 4.79 Å². The summed E-state index contributed by atoms with van der Waals surface area (Å²) in [6.07, 6.45) is 3.60. The molecule has 1 unspecified atom stereocenters. The number of halogens is 2. The highest BCUT2D eigenvalue weighted by Gasteiger charge is 2.43. The van der Waals surface area contributed by atoms with Gasteiger partial charge in [0.1, 0.15) is 17.3 Å². The first kappa shape index (κ1) is 22.3. The van der Waals surface area contributed by atoms with E-state index in [1.54, 1.807) is 0 Å². The van der Waals surface area contributed by atoms with Crippen molar-refractivity contribution < 1.29 is 18.3 Å². The molecule has 0 bridgehead atoms. The van der Waals surface area contributed by atoms with Crippen LogP contribution in [0.3, 0.4) is 0 Å². The maximum atomic E-state index is 14.5. The fraction of sp³-hybridized carbons (Fsp3) is 0.444. The van der Waals surface area contributed by atoms with Crippen molar-refractivity contribution in [1.82, 2.24) is 15.1 Å². The van der Waals surface area contributed by atoms with Crippen molar-refractivity contribution in [2.45, 2.75) is 31.7 Å². The van der Waals surface area contributed by atoms with Crippen molar-refractivity contribution in [3.05, 3.63) is 54.1 Å². The molecule has 6 nitrogen and oxygen atoms in total. The fourth-order valence-electron chi connectivity index (χ4n) is 6.08. The number of fused-ring (bicyclic) bond motifs is 2. The molecular formula is C27H28F2N4O2. The molecule has 6 rings (SSSR count). The monoisotopic (exact) mass is 478 g/mol. The molecule has 1 aliphatic carbocycles. The highest BCUT2D eigenvalue weighted by Crippen LogP contribution is 2.41. The second-order valence-electron chi connectivity index (χ2n) is 10.0. The molecule has 3 atom stereocenters. The van der Waals surface area contributed by atoms with E-state index in [0.717, 1.165) is 67.7 Å². The number of hydrogen-bond donors (Lipinski definition) is 1. The Hall–Kier alpha value is -3.13. The van der Waals surface area contributed by atoms with Crippen LogP contribution in [0.1, 0.15) is 25.7 Å². The van der Waals surface area contributed by atoms with Gasteiger partial charge in [0, 0.05) is 54.6 Å². The van der Waals surface area contributed by atoms with E-state index in [9.17, 15) is 13.6 Å². The summed E-state index contributed by atoms with van der Waals surface area (Å²) in [4.78, 5) is 15.0. The minimum absolute atomic E-state index is 0.102. The van der Waals surface area contributed by atoms with E-state index < -0.39 is 11.6 Å². The van der Waals surface area contributed by atoms with E-state index in [4.69, 9.17) is 4.74 Å². The van der Waals surface area contributed by atoms with Crippen LogP contribution in [0.15, 0.2) is 42.5 Å². The van der Waals surface area contributed by atoms with E-state index >= 15 is 0 Å². The normalized spacial score (nSPS) is 24.6. The number of carbonyl (C=O) groups excluding carboxylic acids is 1. The minimum atomic E-state index is -0.532. The van der Waals surface area contributed by atoms with Crippen molar-refractivity contribution in [2.24, 2.45) is 17.8 Å². The Morgan fingerprint density at radius 2 is 1.69 bits per heavy atom. The number of likely N-dealkylation sites (tertiary alicyclic amines) is 1. The molecule has 0 spiro atoms.